The van der Waals surface area contributed by atoms with E-state index < -0.39 is 0 Å². The second kappa shape index (κ2) is 6.07. The second-order valence-electron chi connectivity index (χ2n) is 4.16. The van der Waals surface area contributed by atoms with E-state index in [9.17, 15) is 0 Å². The van der Waals surface area contributed by atoms with Crippen molar-refractivity contribution in [3.63, 3.8) is 0 Å². The van der Waals surface area contributed by atoms with Crippen LogP contribution in [0.2, 0.25) is 5.22 Å². The van der Waals surface area contributed by atoms with Gasteiger partial charge in [-0.15, -0.1) is 0 Å². The zero-order valence-electron chi connectivity index (χ0n) is 10.7. The lowest BCUT2D eigenvalue weighted by molar-refractivity contribution is 0.417. The van der Waals surface area contributed by atoms with Crippen molar-refractivity contribution in [1.82, 2.24) is 15.1 Å². The lowest BCUT2D eigenvalue weighted by atomic mass is 10.1. The Kier molecular flexibility index (Phi) is 4.44. The van der Waals surface area contributed by atoms with Crippen LogP contribution in [0.5, 0.6) is 0 Å². The number of hydrogen-bond acceptors (Lipinski definition) is 3. The van der Waals surface area contributed by atoms with Gasteiger partial charge >= 0.3 is 0 Å². The van der Waals surface area contributed by atoms with Crippen LogP contribution < -0.4 is 5.32 Å². The zero-order chi connectivity index (χ0) is 13.0. The van der Waals surface area contributed by atoms with E-state index in [-0.39, 0.29) is 6.04 Å². The number of rotatable bonds is 6. The Labute approximate surface area is 112 Å². The molecule has 4 nitrogen and oxygen atoms in total. The van der Waals surface area contributed by atoms with E-state index in [1.54, 1.807) is 6.07 Å². The summed E-state index contributed by atoms with van der Waals surface area (Å²) in [5.41, 5.74) is 1.19. The van der Waals surface area contributed by atoms with Crippen molar-refractivity contribution < 1.29 is 4.42 Å². The van der Waals surface area contributed by atoms with E-state index in [1.807, 2.05) is 16.9 Å². The van der Waals surface area contributed by atoms with Gasteiger partial charge in [-0.05, 0) is 49.2 Å². The van der Waals surface area contributed by atoms with Gasteiger partial charge in [-0.3, -0.25) is 4.68 Å². The van der Waals surface area contributed by atoms with Gasteiger partial charge in [0.05, 0.1) is 12.2 Å². The predicted molar refractivity (Wildman–Crippen MR) is 71.7 cm³/mol. The standard InChI is InChI=1S/C13H18ClN3O/c1-3-15-11(12-5-6-13(14)18-12)7-10-8-16-17(4-2)9-10/h5-6,8-9,11,15H,3-4,7H2,1-2H3. The molecule has 0 saturated carbocycles. The van der Waals surface area contributed by atoms with E-state index in [0.29, 0.717) is 5.22 Å². The number of furan rings is 1. The third-order valence-electron chi connectivity index (χ3n) is 2.84. The van der Waals surface area contributed by atoms with Crippen molar-refractivity contribution in [2.45, 2.75) is 32.9 Å². The number of hydrogen-bond donors (Lipinski definition) is 1. The molecule has 2 aromatic heterocycles. The molecule has 0 amide bonds. The van der Waals surface area contributed by atoms with Gasteiger partial charge < -0.3 is 9.73 Å². The minimum Gasteiger partial charge on any atom is -0.448 e. The molecule has 5 heteroatoms. The van der Waals surface area contributed by atoms with Crippen LogP contribution in [0.4, 0.5) is 0 Å². The maximum atomic E-state index is 5.82. The maximum absolute atomic E-state index is 5.82. The van der Waals surface area contributed by atoms with E-state index >= 15 is 0 Å². The monoisotopic (exact) mass is 267 g/mol. The highest BCUT2D eigenvalue weighted by Gasteiger charge is 2.15. The summed E-state index contributed by atoms with van der Waals surface area (Å²) in [6.07, 6.45) is 4.81. The molecule has 2 aromatic rings. The highest BCUT2D eigenvalue weighted by Crippen LogP contribution is 2.23. The zero-order valence-corrected chi connectivity index (χ0v) is 11.4. The molecule has 2 heterocycles. The average molecular weight is 268 g/mol. The van der Waals surface area contributed by atoms with Crippen molar-refractivity contribution in [1.29, 1.82) is 0 Å². The van der Waals surface area contributed by atoms with Gasteiger partial charge in [-0.25, -0.2) is 0 Å². The van der Waals surface area contributed by atoms with Crippen LogP contribution in [-0.4, -0.2) is 16.3 Å². The van der Waals surface area contributed by atoms with Gasteiger partial charge in [0.2, 0.25) is 0 Å². The topological polar surface area (TPSA) is 43.0 Å². The van der Waals surface area contributed by atoms with E-state index in [0.717, 1.165) is 25.3 Å². The van der Waals surface area contributed by atoms with Crippen LogP contribution in [0.25, 0.3) is 0 Å². The van der Waals surface area contributed by atoms with E-state index in [4.69, 9.17) is 16.0 Å². The summed E-state index contributed by atoms with van der Waals surface area (Å²) in [7, 11) is 0. The first kappa shape index (κ1) is 13.2. The van der Waals surface area contributed by atoms with Crippen molar-refractivity contribution in [2.75, 3.05) is 6.54 Å². The third kappa shape index (κ3) is 3.15. The van der Waals surface area contributed by atoms with Gasteiger partial charge in [0.1, 0.15) is 5.76 Å². The Morgan fingerprint density at radius 1 is 1.44 bits per heavy atom. The normalized spacial score (nSPS) is 12.8. The molecule has 0 aliphatic rings. The molecule has 0 aliphatic heterocycles. The fourth-order valence-corrected chi connectivity index (χ4v) is 2.11. The van der Waals surface area contributed by atoms with Crippen LogP contribution in [0.1, 0.15) is 31.2 Å². The molecule has 0 aromatic carbocycles. The highest BCUT2D eigenvalue weighted by molar-refractivity contribution is 6.28. The molecule has 2 rings (SSSR count). The third-order valence-corrected chi connectivity index (χ3v) is 3.04. The van der Waals surface area contributed by atoms with Gasteiger partial charge in [-0.2, -0.15) is 5.10 Å². The molecular formula is C13H18ClN3O. The van der Waals surface area contributed by atoms with E-state index in [2.05, 4.69) is 30.5 Å². The maximum Gasteiger partial charge on any atom is 0.193 e. The first-order chi connectivity index (χ1) is 8.72. The summed E-state index contributed by atoms with van der Waals surface area (Å²) in [6, 6.07) is 3.83. The van der Waals surface area contributed by atoms with Crippen LogP contribution in [-0.2, 0) is 13.0 Å². The van der Waals surface area contributed by atoms with Gasteiger partial charge in [0.25, 0.3) is 0 Å². The Balaban J connectivity index is 2.10. The number of aromatic nitrogens is 2. The second-order valence-corrected chi connectivity index (χ2v) is 4.53. The van der Waals surface area contributed by atoms with Crippen LogP contribution in [0.3, 0.4) is 0 Å². The largest absolute Gasteiger partial charge is 0.448 e. The Bertz CT molecular complexity index is 492. The summed E-state index contributed by atoms with van der Waals surface area (Å²) < 4.78 is 7.40. The van der Waals surface area contributed by atoms with Gasteiger partial charge in [0, 0.05) is 12.7 Å². The molecule has 1 unspecified atom stereocenters. The van der Waals surface area contributed by atoms with Crippen molar-refractivity contribution in [2.24, 2.45) is 0 Å². The van der Waals surface area contributed by atoms with Crippen LogP contribution in [0, 0.1) is 0 Å². The molecule has 0 fully saturated rings. The number of nitrogens with zero attached hydrogens (tertiary/aromatic N) is 2. The molecule has 0 radical (unpaired) electrons. The average Bonchev–Trinajstić information content (AvgIpc) is 2.97. The summed E-state index contributed by atoms with van der Waals surface area (Å²) >= 11 is 5.82. The number of aryl methyl sites for hydroxylation is 1. The van der Waals surface area contributed by atoms with Crippen molar-refractivity contribution in [3.05, 3.63) is 41.1 Å². The summed E-state index contributed by atoms with van der Waals surface area (Å²) in [6.45, 7) is 5.92. The Hall–Kier alpha value is -1.26. The molecular weight excluding hydrogens is 250 g/mol. The fraction of sp³-hybridized carbons (Fsp3) is 0.462. The fourth-order valence-electron chi connectivity index (χ4n) is 1.96. The Morgan fingerprint density at radius 3 is 2.83 bits per heavy atom. The molecule has 18 heavy (non-hydrogen) atoms. The summed E-state index contributed by atoms with van der Waals surface area (Å²) in [5.74, 6) is 0.867. The summed E-state index contributed by atoms with van der Waals surface area (Å²) in [5, 5.41) is 8.11. The van der Waals surface area contributed by atoms with Gasteiger partial charge in [0.15, 0.2) is 5.22 Å². The molecule has 98 valence electrons. The lowest BCUT2D eigenvalue weighted by Gasteiger charge is -2.14. The SMILES string of the molecule is CCNC(Cc1cnn(CC)c1)c1ccc(Cl)o1. The first-order valence-electron chi connectivity index (χ1n) is 6.22. The number of halogens is 1. The van der Waals surface area contributed by atoms with Crippen molar-refractivity contribution >= 4 is 11.6 Å². The minimum atomic E-state index is 0.136. The molecule has 0 saturated heterocycles. The quantitative estimate of drug-likeness (QED) is 0.875. The predicted octanol–water partition coefficient (Wildman–Crippen LogP) is 3.04. The highest BCUT2D eigenvalue weighted by atomic mass is 35.5. The number of nitrogens with one attached hydrogen (secondary N) is 1. The molecule has 0 spiro atoms. The summed E-state index contributed by atoms with van der Waals surface area (Å²) in [4.78, 5) is 0. The van der Waals surface area contributed by atoms with Crippen LogP contribution >= 0.6 is 11.6 Å². The lowest BCUT2D eigenvalue weighted by Crippen LogP contribution is -2.22. The number of likely N-dealkylation sites (N-methyl/N-ethyl adjacent to an activating group) is 1. The van der Waals surface area contributed by atoms with Gasteiger partial charge in [-0.1, -0.05) is 6.92 Å². The van der Waals surface area contributed by atoms with Crippen LogP contribution in [0.15, 0.2) is 28.9 Å². The molecule has 0 bridgehead atoms. The van der Waals surface area contributed by atoms with Crippen molar-refractivity contribution in [3.8, 4) is 0 Å². The first-order valence-corrected chi connectivity index (χ1v) is 6.60. The smallest absolute Gasteiger partial charge is 0.193 e. The minimum absolute atomic E-state index is 0.136. The Morgan fingerprint density at radius 2 is 2.28 bits per heavy atom. The molecule has 1 N–H and O–H groups in total. The van der Waals surface area contributed by atoms with E-state index in [1.165, 1.54) is 5.56 Å². The molecule has 1 atom stereocenters. The molecule has 0 aliphatic carbocycles.